The number of aromatic nitrogens is 2. The molecule has 1 aliphatic rings. The Kier molecular flexibility index (Phi) is 8.87. The van der Waals surface area contributed by atoms with E-state index in [2.05, 4.69) is 15.2 Å². The molecule has 12 heteroatoms. The van der Waals surface area contributed by atoms with Gasteiger partial charge < -0.3 is 19.9 Å². The second-order valence-electron chi connectivity index (χ2n) is 9.31. The molecule has 0 bridgehead atoms. The third-order valence-corrected chi connectivity index (χ3v) is 6.60. The summed E-state index contributed by atoms with van der Waals surface area (Å²) < 4.78 is 50.5. The lowest BCUT2D eigenvalue weighted by Gasteiger charge is -2.34. The number of nitrogens with zero attached hydrogens (tertiary/aromatic N) is 3. The van der Waals surface area contributed by atoms with Crippen LogP contribution in [0.3, 0.4) is 0 Å². The number of aryl methyl sites for hydroxylation is 1. The summed E-state index contributed by atoms with van der Waals surface area (Å²) in [4.78, 5) is 26.6. The molecule has 2 aromatic carbocycles. The average molecular weight is 547 g/mol. The second kappa shape index (κ2) is 12.3. The van der Waals surface area contributed by atoms with E-state index < -0.39 is 30.4 Å². The highest BCUT2D eigenvalue weighted by Crippen LogP contribution is 2.29. The number of amides is 1. The van der Waals surface area contributed by atoms with Crippen LogP contribution in [0.1, 0.15) is 34.5 Å². The number of benzene rings is 2. The highest BCUT2D eigenvalue weighted by molar-refractivity contribution is 6.05. The van der Waals surface area contributed by atoms with E-state index in [4.69, 9.17) is 4.74 Å². The molecule has 1 aromatic heterocycles. The minimum atomic E-state index is -3.08. The zero-order chi connectivity index (χ0) is 28.1. The van der Waals surface area contributed by atoms with Crippen LogP contribution in [-0.2, 0) is 16.1 Å². The van der Waals surface area contributed by atoms with E-state index >= 15 is 0 Å². The molecule has 0 saturated carbocycles. The standard InChI is InChI=1S/C27H29F3N4O5/c1-16-22(15-34(32-16)21-9-6-19(28)7-10-21)25(36)31-20-8-5-17(23(12-20)39-27(29)30)13-33-11-3-4-18(14-33)24(35)26(37)38-2/h5-10,12,15,18,24,27,35H,3-4,11,13-14H2,1-2H3,(H,31,36). The number of alkyl halides is 2. The summed E-state index contributed by atoms with van der Waals surface area (Å²) in [5, 5.41) is 17.2. The minimum absolute atomic E-state index is 0.0998. The molecular formula is C27H29F3N4O5. The van der Waals surface area contributed by atoms with Crippen molar-refractivity contribution in [3.63, 3.8) is 0 Å². The zero-order valence-corrected chi connectivity index (χ0v) is 21.4. The van der Waals surface area contributed by atoms with Gasteiger partial charge in [0.1, 0.15) is 11.6 Å². The van der Waals surface area contributed by atoms with Crippen LogP contribution in [0.15, 0.2) is 48.7 Å². The average Bonchev–Trinajstić information content (AvgIpc) is 3.31. The number of carbonyl (C=O) groups is 2. The van der Waals surface area contributed by atoms with Crippen molar-refractivity contribution in [2.45, 2.75) is 39.0 Å². The number of likely N-dealkylation sites (tertiary alicyclic amines) is 1. The van der Waals surface area contributed by atoms with Crippen LogP contribution in [0.5, 0.6) is 5.75 Å². The lowest BCUT2D eigenvalue weighted by Crippen LogP contribution is -2.43. The summed E-state index contributed by atoms with van der Waals surface area (Å²) in [6.45, 7) is -0.174. The van der Waals surface area contributed by atoms with E-state index in [-0.39, 0.29) is 29.5 Å². The third-order valence-electron chi connectivity index (χ3n) is 6.60. The number of anilines is 1. The number of ether oxygens (including phenoxy) is 2. The Balaban J connectivity index is 1.49. The number of hydrogen-bond donors (Lipinski definition) is 2. The Morgan fingerprint density at radius 3 is 2.64 bits per heavy atom. The highest BCUT2D eigenvalue weighted by Gasteiger charge is 2.31. The Morgan fingerprint density at radius 2 is 1.95 bits per heavy atom. The molecule has 9 nitrogen and oxygen atoms in total. The van der Waals surface area contributed by atoms with E-state index in [0.29, 0.717) is 42.9 Å². The van der Waals surface area contributed by atoms with Crippen molar-refractivity contribution in [1.29, 1.82) is 0 Å². The molecule has 2 heterocycles. The van der Waals surface area contributed by atoms with Crippen molar-refractivity contribution in [3.05, 3.63) is 71.3 Å². The molecule has 208 valence electrons. The Hall–Kier alpha value is -3.90. The van der Waals surface area contributed by atoms with Gasteiger partial charge in [0.15, 0.2) is 6.10 Å². The molecule has 2 atom stereocenters. The molecule has 0 aliphatic carbocycles. The minimum Gasteiger partial charge on any atom is -0.467 e. The predicted molar refractivity (Wildman–Crippen MR) is 135 cm³/mol. The first kappa shape index (κ1) is 28.1. The number of halogens is 3. The van der Waals surface area contributed by atoms with E-state index in [1.165, 1.54) is 48.3 Å². The third kappa shape index (κ3) is 6.95. The molecule has 2 unspecified atom stereocenters. The van der Waals surface area contributed by atoms with Crippen LogP contribution >= 0.6 is 0 Å². The fourth-order valence-corrected chi connectivity index (χ4v) is 4.62. The first-order chi connectivity index (χ1) is 18.6. The molecule has 3 aromatic rings. The van der Waals surface area contributed by atoms with Crippen molar-refractivity contribution >= 4 is 17.6 Å². The van der Waals surface area contributed by atoms with Crippen molar-refractivity contribution in [1.82, 2.24) is 14.7 Å². The number of aliphatic hydroxyl groups is 1. The SMILES string of the molecule is COC(=O)C(O)C1CCCN(Cc2ccc(NC(=O)c3cn(-c4ccc(F)cc4)nc3C)cc2OC(F)F)C1. The largest absolute Gasteiger partial charge is 0.467 e. The number of aliphatic hydroxyl groups excluding tert-OH is 1. The van der Waals surface area contributed by atoms with Crippen LogP contribution in [0.2, 0.25) is 0 Å². The lowest BCUT2D eigenvalue weighted by molar-refractivity contribution is -0.154. The van der Waals surface area contributed by atoms with Gasteiger partial charge in [-0.15, -0.1) is 0 Å². The van der Waals surface area contributed by atoms with E-state index in [1.807, 2.05) is 4.90 Å². The quantitative estimate of drug-likeness (QED) is 0.392. The van der Waals surface area contributed by atoms with Crippen LogP contribution in [0, 0.1) is 18.7 Å². The lowest BCUT2D eigenvalue weighted by atomic mass is 9.92. The highest BCUT2D eigenvalue weighted by atomic mass is 19.3. The van der Waals surface area contributed by atoms with Crippen molar-refractivity contribution in [2.24, 2.45) is 5.92 Å². The van der Waals surface area contributed by atoms with Crippen molar-refractivity contribution in [3.8, 4) is 11.4 Å². The molecule has 1 aliphatic heterocycles. The van der Waals surface area contributed by atoms with Crippen LogP contribution < -0.4 is 10.1 Å². The maximum atomic E-state index is 13.2. The smallest absolute Gasteiger partial charge is 0.387 e. The van der Waals surface area contributed by atoms with Gasteiger partial charge in [0.2, 0.25) is 0 Å². The summed E-state index contributed by atoms with van der Waals surface area (Å²) in [5.74, 6) is -2.06. The topological polar surface area (TPSA) is 106 Å². The first-order valence-corrected chi connectivity index (χ1v) is 12.3. The zero-order valence-electron chi connectivity index (χ0n) is 21.4. The van der Waals surface area contributed by atoms with Gasteiger partial charge in [-0.2, -0.15) is 13.9 Å². The fraction of sp³-hybridized carbons (Fsp3) is 0.370. The fourth-order valence-electron chi connectivity index (χ4n) is 4.62. The van der Waals surface area contributed by atoms with E-state index in [0.717, 1.165) is 0 Å². The summed E-state index contributed by atoms with van der Waals surface area (Å²) in [6, 6.07) is 10.1. The van der Waals surface area contributed by atoms with Gasteiger partial charge in [-0.05, 0) is 56.6 Å². The van der Waals surface area contributed by atoms with Gasteiger partial charge in [-0.1, -0.05) is 6.07 Å². The monoisotopic (exact) mass is 546 g/mol. The summed E-state index contributed by atoms with van der Waals surface area (Å²) >= 11 is 0. The summed E-state index contributed by atoms with van der Waals surface area (Å²) in [7, 11) is 1.21. The van der Waals surface area contributed by atoms with Gasteiger partial charge in [-0.25, -0.2) is 13.9 Å². The number of rotatable bonds is 9. The Labute approximate surface area is 223 Å². The number of piperidine rings is 1. The van der Waals surface area contributed by atoms with E-state index in [9.17, 15) is 27.9 Å². The normalized spacial score (nSPS) is 16.6. The molecule has 0 radical (unpaired) electrons. The summed E-state index contributed by atoms with van der Waals surface area (Å²) in [6.07, 6.45) is 1.58. The Bertz CT molecular complexity index is 1320. The molecule has 1 fully saturated rings. The van der Waals surface area contributed by atoms with Gasteiger partial charge in [0.05, 0.1) is 24.1 Å². The predicted octanol–water partition coefficient (Wildman–Crippen LogP) is 3.92. The van der Waals surface area contributed by atoms with Gasteiger partial charge >= 0.3 is 12.6 Å². The van der Waals surface area contributed by atoms with Crippen LogP contribution in [0.25, 0.3) is 5.69 Å². The second-order valence-corrected chi connectivity index (χ2v) is 9.31. The molecule has 39 heavy (non-hydrogen) atoms. The number of carbonyl (C=O) groups excluding carboxylic acids is 2. The molecular weight excluding hydrogens is 517 g/mol. The molecule has 4 rings (SSSR count). The van der Waals surface area contributed by atoms with E-state index in [1.54, 1.807) is 19.1 Å². The molecule has 1 saturated heterocycles. The van der Waals surface area contributed by atoms with Crippen LogP contribution in [-0.4, -0.2) is 64.6 Å². The number of hydrogen-bond acceptors (Lipinski definition) is 7. The van der Waals surface area contributed by atoms with Crippen molar-refractivity contribution < 1.29 is 37.3 Å². The van der Waals surface area contributed by atoms with Gasteiger partial charge in [0, 0.05) is 42.5 Å². The van der Waals surface area contributed by atoms with Gasteiger partial charge in [-0.3, -0.25) is 9.69 Å². The van der Waals surface area contributed by atoms with Gasteiger partial charge in [0.25, 0.3) is 5.91 Å². The first-order valence-electron chi connectivity index (χ1n) is 12.3. The maximum Gasteiger partial charge on any atom is 0.387 e. The maximum absolute atomic E-state index is 13.2. The van der Waals surface area contributed by atoms with Crippen molar-refractivity contribution in [2.75, 3.05) is 25.5 Å². The molecule has 0 spiro atoms. The molecule has 2 N–H and O–H groups in total. The Morgan fingerprint density at radius 1 is 1.21 bits per heavy atom. The number of methoxy groups -OCH3 is 1. The molecule has 1 amide bonds. The summed E-state index contributed by atoms with van der Waals surface area (Å²) in [5.41, 5.74) is 1.94. The number of nitrogens with one attached hydrogen (secondary N) is 1. The van der Waals surface area contributed by atoms with Crippen LogP contribution in [0.4, 0.5) is 18.9 Å². The number of esters is 1.